The first-order valence-electron chi connectivity index (χ1n) is 6.10. The van der Waals surface area contributed by atoms with E-state index >= 15 is 0 Å². The largest absolute Gasteiger partial charge is 0.496 e. The van der Waals surface area contributed by atoms with Crippen molar-refractivity contribution >= 4 is 21.8 Å². The summed E-state index contributed by atoms with van der Waals surface area (Å²) in [5.41, 5.74) is 1.38. The number of rotatable bonds is 4. The zero-order valence-electron chi connectivity index (χ0n) is 11.3. The molecule has 0 saturated carbocycles. The Labute approximate surface area is 126 Å². The van der Waals surface area contributed by atoms with Crippen molar-refractivity contribution in [2.24, 2.45) is 0 Å². The van der Waals surface area contributed by atoms with Crippen molar-refractivity contribution in [2.45, 2.75) is 6.54 Å². The molecule has 2 rings (SSSR count). The summed E-state index contributed by atoms with van der Waals surface area (Å²) in [4.78, 5) is 18.0. The number of hydrogen-bond donors (Lipinski definition) is 0. The van der Waals surface area contributed by atoms with E-state index in [4.69, 9.17) is 4.74 Å². The number of amides is 1. The number of aromatic nitrogens is 1. The van der Waals surface area contributed by atoms with E-state index in [9.17, 15) is 4.79 Å². The first-order valence-corrected chi connectivity index (χ1v) is 6.90. The van der Waals surface area contributed by atoms with Crippen LogP contribution in [0, 0.1) is 0 Å². The van der Waals surface area contributed by atoms with E-state index in [-0.39, 0.29) is 5.91 Å². The molecule has 0 aliphatic heterocycles. The Bertz CT molecular complexity index is 599. The average molecular weight is 335 g/mol. The molecule has 0 bridgehead atoms. The SMILES string of the molecule is COc1ccccc1CN(C)C(=O)c1ccc(Br)cn1. The minimum Gasteiger partial charge on any atom is -0.496 e. The first-order chi connectivity index (χ1) is 9.61. The summed E-state index contributed by atoms with van der Waals surface area (Å²) in [6.45, 7) is 0.473. The van der Waals surface area contributed by atoms with Crippen molar-refractivity contribution < 1.29 is 9.53 Å². The van der Waals surface area contributed by atoms with Crippen LogP contribution in [0.5, 0.6) is 5.75 Å². The molecule has 4 nitrogen and oxygen atoms in total. The van der Waals surface area contributed by atoms with Crippen molar-refractivity contribution in [1.82, 2.24) is 9.88 Å². The lowest BCUT2D eigenvalue weighted by atomic mass is 10.2. The molecule has 0 saturated heterocycles. The van der Waals surface area contributed by atoms with Crippen LogP contribution < -0.4 is 4.74 Å². The summed E-state index contributed by atoms with van der Waals surface area (Å²) >= 11 is 3.30. The minimum absolute atomic E-state index is 0.122. The molecule has 0 aliphatic carbocycles. The van der Waals surface area contributed by atoms with Gasteiger partial charge >= 0.3 is 0 Å². The molecule has 2 aromatic rings. The number of carbonyl (C=O) groups excluding carboxylic acids is 1. The maximum absolute atomic E-state index is 12.3. The summed E-state index contributed by atoms with van der Waals surface area (Å²) in [6.07, 6.45) is 1.62. The number of pyridine rings is 1. The van der Waals surface area contributed by atoms with Crippen LogP contribution >= 0.6 is 15.9 Å². The number of hydrogen-bond acceptors (Lipinski definition) is 3. The van der Waals surface area contributed by atoms with Gasteiger partial charge in [0.25, 0.3) is 5.91 Å². The highest BCUT2D eigenvalue weighted by Gasteiger charge is 2.14. The Balaban J connectivity index is 2.13. The van der Waals surface area contributed by atoms with Gasteiger partial charge in [-0.05, 0) is 34.1 Å². The number of halogens is 1. The van der Waals surface area contributed by atoms with Gasteiger partial charge < -0.3 is 9.64 Å². The van der Waals surface area contributed by atoms with Gasteiger partial charge in [0.05, 0.1) is 7.11 Å². The number of nitrogens with zero attached hydrogens (tertiary/aromatic N) is 2. The fourth-order valence-electron chi connectivity index (χ4n) is 1.86. The van der Waals surface area contributed by atoms with Gasteiger partial charge in [-0.3, -0.25) is 4.79 Å². The predicted molar refractivity (Wildman–Crippen MR) is 80.7 cm³/mol. The van der Waals surface area contributed by atoms with Crippen molar-refractivity contribution in [1.29, 1.82) is 0 Å². The molecule has 1 amide bonds. The van der Waals surface area contributed by atoms with E-state index in [1.165, 1.54) is 0 Å². The molecule has 0 unspecified atom stereocenters. The lowest BCUT2D eigenvalue weighted by Crippen LogP contribution is -2.27. The third-order valence-corrected chi connectivity index (χ3v) is 3.36. The zero-order chi connectivity index (χ0) is 14.5. The van der Waals surface area contributed by atoms with Crippen LogP contribution in [-0.2, 0) is 6.54 Å². The Morgan fingerprint density at radius 3 is 2.70 bits per heavy atom. The third-order valence-electron chi connectivity index (χ3n) is 2.89. The second-order valence-electron chi connectivity index (χ2n) is 4.33. The smallest absolute Gasteiger partial charge is 0.272 e. The molecule has 1 aromatic carbocycles. The van der Waals surface area contributed by atoms with Gasteiger partial charge in [0.2, 0.25) is 0 Å². The molecule has 0 radical (unpaired) electrons. The maximum atomic E-state index is 12.3. The molecular weight excluding hydrogens is 320 g/mol. The van der Waals surface area contributed by atoms with Crippen LogP contribution in [0.2, 0.25) is 0 Å². The molecule has 5 heteroatoms. The van der Waals surface area contributed by atoms with E-state index in [0.717, 1.165) is 15.8 Å². The van der Waals surface area contributed by atoms with Gasteiger partial charge in [0, 0.05) is 29.8 Å². The maximum Gasteiger partial charge on any atom is 0.272 e. The Kier molecular flexibility index (Phi) is 4.74. The van der Waals surface area contributed by atoms with Gasteiger partial charge in [0.1, 0.15) is 11.4 Å². The molecule has 0 fully saturated rings. The molecule has 104 valence electrons. The Hall–Kier alpha value is -1.88. The second kappa shape index (κ2) is 6.52. The van der Waals surface area contributed by atoms with Crippen molar-refractivity contribution in [2.75, 3.05) is 14.2 Å². The molecule has 20 heavy (non-hydrogen) atoms. The first kappa shape index (κ1) is 14.5. The molecule has 1 heterocycles. The lowest BCUT2D eigenvalue weighted by molar-refractivity contribution is 0.0778. The predicted octanol–water partition coefficient (Wildman–Crippen LogP) is 3.12. The highest BCUT2D eigenvalue weighted by molar-refractivity contribution is 9.10. The number of para-hydroxylation sites is 1. The topological polar surface area (TPSA) is 42.4 Å². The van der Waals surface area contributed by atoms with E-state index < -0.39 is 0 Å². The standard InChI is InChI=1S/C15H15BrN2O2/c1-18(10-11-5-3-4-6-14(11)20-2)15(19)13-8-7-12(16)9-17-13/h3-9H,10H2,1-2H3. The van der Waals surface area contributed by atoms with Crippen LogP contribution in [0.15, 0.2) is 47.1 Å². The minimum atomic E-state index is -0.122. The summed E-state index contributed by atoms with van der Waals surface area (Å²) in [7, 11) is 3.37. The summed E-state index contributed by atoms with van der Waals surface area (Å²) in [5, 5.41) is 0. The quantitative estimate of drug-likeness (QED) is 0.862. The van der Waals surface area contributed by atoms with E-state index in [1.54, 1.807) is 37.4 Å². The van der Waals surface area contributed by atoms with Crippen LogP contribution in [0.1, 0.15) is 16.1 Å². The van der Waals surface area contributed by atoms with Crippen LogP contribution in [0.4, 0.5) is 0 Å². The monoisotopic (exact) mass is 334 g/mol. The van der Waals surface area contributed by atoms with Crippen molar-refractivity contribution in [3.8, 4) is 5.75 Å². The number of methoxy groups -OCH3 is 1. The Morgan fingerprint density at radius 2 is 2.05 bits per heavy atom. The zero-order valence-corrected chi connectivity index (χ0v) is 12.9. The van der Waals surface area contributed by atoms with Crippen LogP contribution in [0.3, 0.4) is 0 Å². The molecule has 0 aliphatic rings. The van der Waals surface area contributed by atoms with E-state index in [2.05, 4.69) is 20.9 Å². The molecule has 0 N–H and O–H groups in total. The molecule has 1 aromatic heterocycles. The summed E-state index contributed by atoms with van der Waals surface area (Å²) in [6, 6.07) is 11.2. The van der Waals surface area contributed by atoms with Crippen LogP contribution in [-0.4, -0.2) is 29.9 Å². The fourth-order valence-corrected chi connectivity index (χ4v) is 2.09. The number of carbonyl (C=O) groups is 1. The van der Waals surface area contributed by atoms with Crippen molar-refractivity contribution in [3.05, 3.63) is 58.3 Å². The highest BCUT2D eigenvalue weighted by atomic mass is 79.9. The normalized spacial score (nSPS) is 10.2. The fraction of sp³-hybridized carbons (Fsp3) is 0.200. The second-order valence-corrected chi connectivity index (χ2v) is 5.25. The third kappa shape index (κ3) is 3.36. The summed E-state index contributed by atoms with van der Waals surface area (Å²) < 4.78 is 6.14. The van der Waals surface area contributed by atoms with Gasteiger partial charge in [-0.25, -0.2) is 4.98 Å². The van der Waals surface area contributed by atoms with Gasteiger partial charge in [-0.1, -0.05) is 18.2 Å². The average Bonchev–Trinajstić information content (AvgIpc) is 2.48. The Morgan fingerprint density at radius 1 is 1.30 bits per heavy atom. The number of ether oxygens (including phenoxy) is 1. The van der Waals surface area contributed by atoms with E-state index in [0.29, 0.717) is 12.2 Å². The van der Waals surface area contributed by atoms with E-state index in [1.807, 2.05) is 24.3 Å². The van der Waals surface area contributed by atoms with Crippen molar-refractivity contribution in [3.63, 3.8) is 0 Å². The van der Waals surface area contributed by atoms with Gasteiger partial charge in [0.15, 0.2) is 0 Å². The molecular formula is C15H15BrN2O2. The summed E-state index contributed by atoms with van der Waals surface area (Å²) in [5.74, 6) is 0.652. The molecule has 0 atom stereocenters. The van der Waals surface area contributed by atoms with Crippen LogP contribution in [0.25, 0.3) is 0 Å². The lowest BCUT2D eigenvalue weighted by Gasteiger charge is -2.18. The van der Waals surface area contributed by atoms with Gasteiger partial charge in [-0.2, -0.15) is 0 Å². The van der Waals surface area contributed by atoms with Gasteiger partial charge in [-0.15, -0.1) is 0 Å². The molecule has 0 spiro atoms. The number of benzene rings is 1. The highest BCUT2D eigenvalue weighted by Crippen LogP contribution is 2.19.